The van der Waals surface area contributed by atoms with E-state index in [0.717, 1.165) is 19.3 Å². The molecule has 98 valence electrons. The highest BCUT2D eigenvalue weighted by Crippen LogP contribution is 2.61. The molecule has 3 aliphatic carbocycles. The Morgan fingerprint density at radius 1 is 1.26 bits per heavy atom. The van der Waals surface area contributed by atoms with E-state index in [1.54, 1.807) is 0 Å². The summed E-state index contributed by atoms with van der Waals surface area (Å²) in [4.78, 5) is 13.5. The smallest absolute Gasteiger partial charge is 0.170 e. The first-order valence-corrected chi connectivity index (χ1v) is 7.15. The summed E-state index contributed by atoms with van der Waals surface area (Å²) in [6.07, 6.45) is 7.40. The Morgan fingerprint density at radius 3 is 3.00 bits per heavy atom. The van der Waals surface area contributed by atoms with Crippen LogP contribution in [0.25, 0.3) is 0 Å². The van der Waals surface area contributed by atoms with Gasteiger partial charge < -0.3 is 0 Å². The van der Waals surface area contributed by atoms with E-state index in [2.05, 4.69) is 0 Å². The zero-order chi connectivity index (χ0) is 17.2. The van der Waals surface area contributed by atoms with Gasteiger partial charge in [0.1, 0.15) is 0 Å². The van der Waals surface area contributed by atoms with E-state index in [4.69, 9.17) is 6.85 Å². The Bertz CT molecular complexity index is 771. The summed E-state index contributed by atoms with van der Waals surface area (Å²) in [6, 6.07) is -0.828. The van der Waals surface area contributed by atoms with Crippen LogP contribution in [-0.4, -0.2) is 5.78 Å². The van der Waals surface area contributed by atoms with E-state index in [1.165, 1.54) is 0 Å². The van der Waals surface area contributed by atoms with Crippen molar-refractivity contribution in [1.82, 2.24) is 0 Å². The molecule has 3 aliphatic rings. The Hall–Kier alpha value is -1.37. The molecule has 0 radical (unpaired) electrons. The van der Waals surface area contributed by atoms with Crippen LogP contribution in [0.2, 0.25) is 0 Å². The van der Waals surface area contributed by atoms with E-state index in [-0.39, 0.29) is 47.4 Å². The maximum atomic E-state index is 13.5. The fourth-order valence-electron chi connectivity index (χ4n) is 4.38. The van der Waals surface area contributed by atoms with Crippen molar-refractivity contribution in [2.45, 2.75) is 44.4 Å². The van der Waals surface area contributed by atoms with E-state index in [0.29, 0.717) is 18.4 Å². The van der Waals surface area contributed by atoms with E-state index in [9.17, 15) is 4.79 Å². The van der Waals surface area contributed by atoms with Crippen LogP contribution in [0.15, 0.2) is 36.3 Å². The Morgan fingerprint density at radius 2 is 2.16 bits per heavy atom. The first-order valence-electron chi connectivity index (χ1n) is 9.73. The standard InChI is InChI=1S/C18H20O/c19-17-15-10-4-3-9-14(15)16-11-5-6-12-18(16,17)13-7-1-2-8-13/h1-4,9-10,13,16H,5-8,11-12H2/t16-,18+/m0/s1/i3D,4D,7D,9D,10D/t7-,13?,16-,18+. The molecule has 1 aromatic rings. The lowest BCUT2D eigenvalue weighted by Gasteiger charge is -2.43. The van der Waals surface area contributed by atoms with Gasteiger partial charge in [0.15, 0.2) is 5.78 Å². The number of hydrogen-bond acceptors (Lipinski definition) is 1. The number of hydrogen-bond donors (Lipinski definition) is 0. The Balaban J connectivity index is 1.98. The van der Waals surface area contributed by atoms with Crippen molar-refractivity contribution >= 4 is 5.78 Å². The van der Waals surface area contributed by atoms with Crippen molar-refractivity contribution in [2.75, 3.05) is 0 Å². The average molecular weight is 257 g/mol. The van der Waals surface area contributed by atoms with Crippen LogP contribution < -0.4 is 0 Å². The molecule has 0 spiro atoms. The van der Waals surface area contributed by atoms with Gasteiger partial charge in [-0.05, 0) is 43.1 Å². The number of ketones is 1. The number of fused-ring (bicyclic) bond motifs is 3. The minimum atomic E-state index is -0.720. The third kappa shape index (κ3) is 1.39. The molecule has 0 aliphatic heterocycles. The number of rotatable bonds is 1. The SMILES string of the molecule is [2H]c1c([2H])c([2H])c2c(c1[2H])C(=O)[C@@]1(C3CC=C[C@@H]3[2H])CCCC[C@@H]21. The van der Waals surface area contributed by atoms with Gasteiger partial charge in [-0.3, -0.25) is 4.79 Å². The van der Waals surface area contributed by atoms with E-state index in [1.807, 2.05) is 12.2 Å². The van der Waals surface area contributed by atoms with Crippen LogP contribution in [0, 0.1) is 11.3 Å². The Labute approximate surface area is 121 Å². The second-order valence-corrected chi connectivity index (χ2v) is 5.92. The van der Waals surface area contributed by atoms with Gasteiger partial charge in [0, 0.05) is 12.3 Å². The molecule has 0 aromatic heterocycles. The highest BCUT2D eigenvalue weighted by Gasteiger charge is 2.57. The van der Waals surface area contributed by atoms with Gasteiger partial charge in [0.25, 0.3) is 0 Å². The molecule has 0 bridgehead atoms. The normalized spacial score (nSPS) is 43.9. The fourth-order valence-corrected chi connectivity index (χ4v) is 4.38. The maximum Gasteiger partial charge on any atom is 0.170 e. The second-order valence-electron chi connectivity index (χ2n) is 5.92. The first kappa shape index (κ1) is 7.42. The van der Waals surface area contributed by atoms with Gasteiger partial charge in [-0.25, -0.2) is 0 Å². The van der Waals surface area contributed by atoms with Crippen LogP contribution in [0.3, 0.4) is 0 Å². The van der Waals surface area contributed by atoms with Crippen molar-refractivity contribution in [2.24, 2.45) is 11.3 Å². The summed E-state index contributed by atoms with van der Waals surface area (Å²) in [7, 11) is 0. The zero-order valence-electron chi connectivity index (χ0n) is 15.8. The largest absolute Gasteiger partial charge is 0.294 e. The predicted molar refractivity (Wildman–Crippen MR) is 76.3 cm³/mol. The second kappa shape index (κ2) is 4.06. The Kier molecular flexibility index (Phi) is 1.59. The lowest BCUT2D eigenvalue weighted by Crippen LogP contribution is -2.40. The molecule has 1 unspecified atom stereocenters. The fraction of sp³-hybridized carbons (Fsp3) is 0.500. The minimum absolute atomic E-state index is 0.0550. The van der Waals surface area contributed by atoms with Crippen LogP contribution >= 0.6 is 0 Å². The lowest BCUT2D eigenvalue weighted by molar-refractivity contribution is 0.0519. The molecule has 1 fully saturated rings. The third-order valence-electron chi connectivity index (χ3n) is 5.20. The molecule has 19 heavy (non-hydrogen) atoms. The highest BCUT2D eigenvalue weighted by atomic mass is 16.1. The van der Waals surface area contributed by atoms with Crippen molar-refractivity contribution in [3.8, 4) is 0 Å². The zero-order valence-corrected chi connectivity index (χ0v) is 10.8. The summed E-state index contributed by atoms with van der Waals surface area (Å²) < 4.78 is 40.8. The van der Waals surface area contributed by atoms with Gasteiger partial charge in [-0.2, -0.15) is 0 Å². The van der Waals surface area contributed by atoms with Gasteiger partial charge in [-0.15, -0.1) is 0 Å². The van der Waals surface area contributed by atoms with Crippen LogP contribution in [0.5, 0.6) is 0 Å². The summed E-state index contributed by atoms with van der Waals surface area (Å²) in [6.45, 7) is 0. The summed E-state index contributed by atoms with van der Waals surface area (Å²) in [5, 5.41) is 0. The average Bonchev–Trinajstić information content (AvgIpc) is 3.12. The van der Waals surface area contributed by atoms with Crippen molar-refractivity contribution in [3.05, 3.63) is 47.4 Å². The van der Waals surface area contributed by atoms with E-state index >= 15 is 0 Å². The predicted octanol–water partition coefficient (Wildman–Crippen LogP) is 4.49. The minimum Gasteiger partial charge on any atom is -0.294 e. The monoisotopic (exact) mass is 257 g/mol. The van der Waals surface area contributed by atoms with Crippen molar-refractivity contribution in [3.63, 3.8) is 0 Å². The molecule has 4 rings (SSSR count). The molecule has 0 saturated heterocycles. The third-order valence-corrected chi connectivity index (χ3v) is 5.20. The summed E-state index contributed by atoms with van der Waals surface area (Å²) in [5.41, 5.74) is -0.000648. The molecule has 0 heterocycles. The molecule has 1 heteroatoms. The molecular formula is C18H20O. The van der Waals surface area contributed by atoms with Crippen LogP contribution in [0.4, 0.5) is 0 Å². The van der Waals surface area contributed by atoms with Crippen molar-refractivity contribution < 1.29 is 11.6 Å². The lowest BCUT2D eigenvalue weighted by atomic mass is 9.59. The molecule has 1 nitrogen and oxygen atoms in total. The summed E-state index contributed by atoms with van der Waals surface area (Å²) in [5.74, 6) is -0.433. The molecule has 0 N–H and O–H groups in total. The van der Waals surface area contributed by atoms with Gasteiger partial charge in [0.05, 0.1) is 5.48 Å². The molecule has 0 amide bonds. The van der Waals surface area contributed by atoms with Gasteiger partial charge in [-0.1, -0.05) is 49.2 Å². The molecule has 4 atom stereocenters. The number of Topliss-reactive ketones (excluding diaryl/α,β-unsaturated/α-hetero) is 1. The maximum absolute atomic E-state index is 13.5. The molecule has 1 aromatic carbocycles. The van der Waals surface area contributed by atoms with Crippen LogP contribution in [0.1, 0.15) is 67.2 Å². The van der Waals surface area contributed by atoms with E-state index < -0.39 is 11.8 Å². The van der Waals surface area contributed by atoms with Gasteiger partial charge in [0.2, 0.25) is 0 Å². The van der Waals surface area contributed by atoms with Crippen LogP contribution in [-0.2, 0) is 0 Å². The number of carbonyl (C=O) groups is 1. The van der Waals surface area contributed by atoms with Crippen molar-refractivity contribution in [1.29, 1.82) is 0 Å². The number of benzene rings is 1. The first-order chi connectivity index (χ1) is 11.4. The van der Waals surface area contributed by atoms with Gasteiger partial charge >= 0.3 is 0 Å². The topological polar surface area (TPSA) is 17.1 Å². The molecular weight excluding hydrogens is 232 g/mol. The molecule has 1 saturated carbocycles. The summed E-state index contributed by atoms with van der Waals surface area (Å²) >= 11 is 0. The quantitative estimate of drug-likeness (QED) is 0.677. The number of allylic oxidation sites excluding steroid dienone is 2. The number of carbonyl (C=O) groups excluding carboxylic acids is 1. The highest BCUT2D eigenvalue weighted by molar-refractivity contribution is 6.06.